The monoisotopic (exact) mass is 332 g/mol. The lowest BCUT2D eigenvalue weighted by Gasteiger charge is -2.22. The molecule has 1 aromatic heterocycles. The summed E-state index contributed by atoms with van der Waals surface area (Å²) < 4.78 is 0. The van der Waals surface area contributed by atoms with Crippen molar-refractivity contribution in [3.63, 3.8) is 0 Å². The molecular formula is C16H24N6S. The maximum Gasteiger partial charge on any atom is 0.232 e. The van der Waals surface area contributed by atoms with E-state index in [-0.39, 0.29) is 0 Å². The fraction of sp³-hybridized carbons (Fsp3) is 0.688. The van der Waals surface area contributed by atoms with Gasteiger partial charge in [0.2, 0.25) is 5.95 Å². The molecule has 3 fully saturated rings. The van der Waals surface area contributed by atoms with E-state index in [1.807, 2.05) is 0 Å². The standard InChI is InChI=1S/C16H24N6S/c23-16(17-12-5-6-12)20-15-18-13(21-7-1-2-8-21)11-14(19-15)22-9-3-4-10-22/h11-12H,1-10H2,(H2,17,18,19,20,23). The van der Waals surface area contributed by atoms with Gasteiger partial charge in [-0.3, -0.25) is 0 Å². The van der Waals surface area contributed by atoms with Crippen molar-refractivity contribution in [3.05, 3.63) is 6.07 Å². The van der Waals surface area contributed by atoms with Crippen LogP contribution in [0.5, 0.6) is 0 Å². The van der Waals surface area contributed by atoms with Gasteiger partial charge in [0.05, 0.1) is 0 Å². The maximum atomic E-state index is 5.38. The number of hydrogen-bond donors (Lipinski definition) is 2. The van der Waals surface area contributed by atoms with E-state index in [2.05, 4.69) is 26.5 Å². The first-order valence-electron chi connectivity index (χ1n) is 8.74. The van der Waals surface area contributed by atoms with E-state index < -0.39 is 0 Å². The summed E-state index contributed by atoms with van der Waals surface area (Å²) in [6.45, 7) is 4.34. The van der Waals surface area contributed by atoms with E-state index in [0.717, 1.165) is 37.8 Å². The van der Waals surface area contributed by atoms with Gasteiger partial charge in [-0.05, 0) is 50.7 Å². The Kier molecular flexibility index (Phi) is 4.20. The fourth-order valence-electron chi connectivity index (χ4n) is 3.25. The van der Waals surface area contributed by atoms with Crippen LogP contribution in [0, 0.1) is 0 Å². The molecule has 0 bridgehead atoms. The van der Waals surface area contributed by atoms with E-state index in [1.165, 1.54) is 38.5 Å². The Balaban J connectivity index is 1.56. The summed E-state index contributed by atoms with van der Waals surface area (Å²) in [5, 5.41) is 7.12. The Morgan fingerprint density at radius 2 is 1.48 bits per heavy atom. The molecule has 1 aliphatic carbocycles. The summed E-state index contributed by atoms with van der Waals surface area (Å²) >= 11 is 5.38. The zero-order chi connectivity index (χ0) is 15.6. The second-order valence-electron chi connectivity index (χ2n) is 6.67. The van der Waals surface area contributed by atoms with Crippen LogP contribution in [0.4, 0.5) is 17.6 Å². The van der Waals surface area contributed by atoms with Crippen LogP contribution in [0.1, 0.15) is 38.5 Å². The van der Waals surface area contributed by atoms with Crippen LogP contribution in [-0.2, 0) is 0 Å². The van der Waals surface area contributed by atoms with Gasteiger partial charge in [-0.25, -0.2) is 0 Å². The number of rotatable bonds is 4. The number of hydrogen-bond acceptors (Lipinski definition) is 5. The molecule has 4 rings (SSSR count). The SMILES string of the molecule is S=C(Nc1nc(N2CCCC2)cc(N2CCCC2)n1)NC1CC1. The highest BCUT2D eigenvalue weighted by Gasteiger charge is 2.23. The van der Waals surface area contributed by atoms with Crippen LogP contribution >= 0.6 is 12.2 Å². The summed E-state index contributed by atoms with van der Waals surface area (Å²) in [7, 11) is 0. The van der Waals surface area contributed by atoms with Gasteiger partial charge in [0, 0.05) is 38.3 Å². The summed E-state index contributed by atoms with van der Waals surface area (Å²) in [5.74, 6) is 2.67. The molecule has 0 atom stereocenters. The highest BCUT2D eigenvalue weighted by atomic mass is 32.1. The van der Waals surface area contributed by atoms with Crippen molar-refractivity contribution in [1.29, 1.82) is 0 Å². The quantitative estimate of drug-likeness (QED) is 0.819. The molecule has 124 valence electrons. The van der Waals surface area contributed by atoms with E-state index in [9.17, 15) is 0 Å². The first kappa shape index (κ1) is 14.9. The Bertz CT molecular complexity index is 542. The van der Waals surface area contributed by atoms with Crippen molar-refractivity contribution in [3.8, 4) is 0 Å². The first-order chi connectivity index (χ1) is 11.3. The average Bonchev–Trinajstić information content (AvgIpc) is 3.05. The predicted octanol–water partition coefficient (Wildman–Crippen LogP) is 2.13. The lowest BCUT2D eigenvalue weighted by atomic mass is 10.4. The molecule has 2 N–H and O–H groups in total. The molecule has 7 heteroatoms. The van der Waals surface area contributed by atoms with Crippen LogP contribution in [0.25, 0.3) is 0 Å². The van der Waals surface area contributed by atoms with Crippen molar-refractivity contribution in [2.75, 3.05) is 41.3 Å². The normalized spacial score (nSPS) is 20.9. The zero-order valence-corrected chi connectivity index (χ0v) is 14.2. The van der Waals surface area contributed by atoms with Gasteiger partial charge >= 0.3 is 0 Å². The molecule has 0 radical (unpaired) electrons. The predicted molar refractivity (Wildman–Crippen MR) is 97.3 cm³/mol. The summed E-state index contributed by atoms with van der Waals surface area (Å²) in [4.78, 5) is 14.1. The summed E-state index contributed by atoms with van der Waals surface area (Å²) in [5.41, 5.74) is 0. The average molecular weight is 332 g/mol. The largest absolute Gasteiger partial charge is 0.360 e. The van der Waals surface area contributed by atoms with Crippen molar-refractivity contribution in [1.82, 2.24) is 15.3 Å². The van der Waals surface area contributed by atoms with Gasteiger partial charge < -0.3 is 20.4 Å². The van der Waals surface area contributed by atoms with Gasteiger partial charge in [0.15, 0.2) is 5.11 Å². The molecule has 0 spiro atoms. The topological polar surface area (TPSA) is 56.3 Å². The first-order valence-corrected chi connectivity index (χ1v) is 9.15. The third kappa shape index (κ3) is 3.65. The zero-order valence-electron chi connectivity index (χ0n) is 13.4. The van der Waals surface area contributed by atoms with Crippen molar-refractivity contribution in [2.45, 2.75) is 44.6 Å². The van der Waals surface area contributed by atoms with Crippen LogP contribution in [0.3, 0.4) is 0 Å². The Hall–Kier alpha value is -1.63. The Morgan fingerprint density at radius 3 is 1.96 bits per heavy atom. The third-order valence-corrected chi connectivity index (χ3v) is 4.92. The molecule has 0 aromatic carbocycles. The van der Waals surface area contributed by atoms with Crippen molar-refractivity contribution >= 4 is 34.9 Å². The van der Waals surface area contributed by atoms with E-state index >= 15 is 0 Å². The van der Waals surface area contributed by atoms with Gasteiger partial charge in [0.1, 0.15) is 11.6 Å². The van der Waals surface area contributed by atoms with Crippen LogP contribution in [0.2, 0.25) is 0 Å². The molecule has 6 nitrogen and oxygen atoms in total. The molecule has 0 unspecified atom stereocenters. The summed E-state index contributed by atoms with van der Waals surface area (Å²) in [6.07, 6.45) is 7.38. The van der Waals surface area contributed by atoms with E-state index in [4.69, 9.17) is 22.2 Å². The molecule has 1 saturated carbocycles. The third-order valence-electron chi connectivity index (χ3n) is 4.70. The molecule has 2 aliphatic heterocycles. The lowest BCUT2D eigenvalue weighted by molar-refractivity contribution is 0.893. The summed E-state index contributed by atoms with van der Waals surface area (Å²) in [6, 6.07) is 2.67. The molecule has 3 heterocycles. The minimum Gasteiger partial charge on any atom is -0.360 e. The number of thiocarbonyl (C=S) groups is 1. The van der Waals surface area contributed by atoms with Gasteiger partial charge in [-0.15, -0.1) is 0 Å². The maximum absolute atomic E-state index is 5.38. The van der Waals surface area contributed by atoms with Crippen molar-refractivity contribution < 1.29 is 0 Å². The van der Waals surface area contributed by atoms with Crippen molar-refractivity contribution in [2.24, 2.45) is 0 Å². The lowest BCUT2D eigenvalue weighted by Crippen LogP contribution is -2.31. The number of nitrogens with one attached hydrogen (secondary N) is 2. The molecule has 1 aromatic rings. The number of anilines is 3. The van der Waals surface area contributed by atoms with E-state index in [1.54, 1.807) is 0 Å². The minimum atomic E-state index is 0.537. The van der Waals surface area contributed by atoms with Gasteiger partial charge in [0.25, 0.3) is 0 Å². The molecule has 3 aliphatic rings. The van der Waals surface area contributed by atoms with Gasteiger partial charge in [-0.2, -0.15) is 9.97 Å². The highest BCUT2D eigenvalue weighted by molar-refractivity contribution is 7.80. The fourth-order valence-corrected chi connectivity index (χ4v) is 3.50. The van der Waals surface area contributed by atoms with Gasteiger partial charge in [-0.1, -0.05) is 0 Å². The van der Waals surface area contributed by atoms with Crippen LogP contribution < -0.4 is 20.4 Å². The molecule has 0 amide bonds. The molecular weight excluding hydrogens is 308 g/mol. The Labute approximate surface area is 142 Å². The second kappa shape index (κ2) is 6.47. The number of aromatic nitrogens is 2. The Morgan fingerprint density at radius 1 is 0.957 bits per heavy atom. The second-order valence-corrected chi connectivity index (χ2v) is 7.08. The minimum absolute atomic E-state index is 0.537. The van der Waals surface area contributed by atoms with Crippen LogP contribution in [-0.4, -0.2) is 47.3 Å². The number of nitrogens with zero attached hydrogens (tertiary/aromatic N) is 4. The molecule has 23 heavy (non-hydrogen) atoms. The molecule has 2 saturated heterocycles. The van der Waals surface area contributed by atoms with Crippen LogP contribution in [0.15, 0.2) is 6.07 Å². The smallest absolute Gasteiger partial charge is 0.232 e. The van der Waals surface area contributed by atoms with E-state index in [0.29, 0.717) is 17.1 Å². The highest BCUT2D eigenvalue weighted by Crippen LogP contribution is 2.26.